The molecule has 2 heterocycles. The highest BCUT2D eigenvalue weighted by Crippen LogP contribution is 2.23. The molecule has 1 aromatic heterocycles. The minimum atomic E-state index is -0.398. The minimum Gasteiger partial charge on any atom is -0.497 e. The van der Waals surface area contributed by atoms with Crippen molar-refractivity contribution in [2.75, 3.05) is 38.2 Å². The summed E-state index contributed by atoms with van der Waals surface area (Å²) in [5, 5.41) is 0. The van der Waals surface area contributed by atoms with Crippen molar-refractivity contribution < 1.29 is 13.9 Å². The van der Waals surface area contributed by atoms with Gasteiger partial charge in [0.1, 0.15) is 11.6 Å². The molecule has 0 unspecified atom stereocenters. The number of ether oxygens (including phenoxy) is 1. The highest BCUT2D eigenvalue weighted by atomic mass is 19.1. The highest BCUT2D eigenvalue weighted by molar-refractivity contribution is 5.94. The monoisotopic (exact) mass is 380 g/mol. The first-order valence-corrected chi connectivity index (χ1v) is 9.13. The average Bonchev–Trinajstić information content (AvgIpc) is 3.23. The van der Waals surface area contributed by atoms with E-state index in [4.69, 9.17) is 4.74 Å². The van der Waals surface area contributed by atoms with Crippen molar-refractivity contribution in [2.24, 2.45) is 0 Å². The van der Waals surface area contributed by atoms with E-state index in [1.165, 1.54) is 12.1 Å². The molecule has 6 nitrogen and oxygen atoms in total. The number of imidazole rings is 1. The van der Waals surface area contributed by atoms with Crippen LogP contribution >= 0.6 is 0 Å². The summed E-state index contributed by atoms with van der Waals surface area (Å²) >= 11 is 0. The summed E-state index contributed by atoms with van der Waals surface area (Å²) in [6.45, 7) is 2.42. The summed E-state index contributed by atoms with van der Waals surface area (Å²) in [5.74, 6) is 1.06. The quantitative estimate of drug-likeness (QED) is 0.698. The van der Waals surface area contributed by atoms with Crippen molar-refractivity contribution in [2.45, 2.75) is 0 Å². The largest absolute Gasteiger partial charge is 0.497 e. The van der Waals surface area contributed by atoms with Gasteiger partial charge in [-0.2, -0.15) is 0 Å². The third-order valence-corrected chi connectivity index (χ3v) is 4.87. The van der Waals surface area contributed by atoms with Crippen LogP contribution in [0, 0.1) is 5.82 Å². The molecule has 0 spiro atoms. The predicted octanol–water partition coefficient (Wildman–Crippen LogP) is 2.98. The molecule has 0 N–H and O–H groups in total. The molecule has 144 valence electrons. The number of methoxy groups -OCH3 is 1. The predicted molar refractivity (Wildman–Crippen MR) is 105 cm³/mol. The van der Waals surface area contributed by atoms with E-state index < -0.39 is 5.82 Å². The summed E-state index contributed by atoms with van der Waals surface area (Å²) in [5.41, 5.74) is 1.34. The van der Waals surface area contributed by atoms with Crippen molar-refractivity contribution in [3.63, 3.8) is 0 Å². The lowest BCUT2D eigenvalue weighted by Gasteiger charge is -2.35. The molecule has 1 fully saturated rings. The third kappa shape index (κ3) is 3.55. The van der Waals surface area contributed by atoms with Crippen LogP contribution in [0.2, 0.25) is 0 Å². The second kappa shape index (κ2) is 7.72. The maximum absolute atomic E-state index is 13.4. The van der Waals surface area contributed by atoms with Gasteiger partial charge in [0.05, 0.1) is 12.8 Å². The van der Waals surface area contributed by atoms with E-state index in [9.17, 15) is 9.18 Å². The lowest BCUT2D eigenvalue weighted by molar-refractivity contribution is 0.0745. The number of anilines is 1. The Morgan fingerprint density at radius 1 is 1.07 bits per heavy atom. The minimum absolute atomic E-state index is 0.143. The van der Waals surface area contributed by atoms with Gasteiger partial charge >= 0.3 is 0 Å². The molecule has 0 saturated carbocycles. The molecule has 0 aliphatic carbocycles. The van der Waals surface area contributed by atoms with E-state index in [0.29, 0.717) is 31.7 Å². The molecule has 1 aliphatic heterocycles. The maximum Gasteiger partial charge on any atom is 0.254 e. The number of hydrogen-bond acceptors (Lipinski definition) is 4. The van der Waals surface area contributed by atoms with Gasteiger partial charge in [0, 0.05) is 50.2 Å². The zero-order valence-corrected chi connectivity index (χ0v) is 15.6. The van der Waals surface area contributed by atoms with E-state index in [2.05, 4.69) is 9.88 Å². The van der Waals surface area contributed by atoms with Crippen LogP contribution in [-0.2, 0) is 0 Å². The summed E-state index contributed by atoms with van der Waals surface area (Å²) in [7, 11) is 1.64. The molecule has 1 saturated heterocycles. The number of amides is 1. The second-order valence-corrected chi connectivity index (χ2v) is 6.59. The van der Waals surface area contributed by atoms with Gasteiger partial charge < -0.3 is 14.5 Å². The first-order valence-electron chi connectivity index (χ1n) is 9.13. The lowest BCUT2D eigenvalue weighted by Crippen LogP contribution is -2.49. The summed E-state index contributed by atoms with van der Waals surface area (Å²) in [6.07, 6.45) is 3.67. The Morgan fingerprint density at radius 3 is 2.61 bits per heavy atom. The molecule has 2 aromatic carbocycles. The smallest absolute Gasteiger partial charge is 0.254 e. The van der Waals surface area contributed by atoms with Gasteiger partial charge in [-0.1, -0.05) is 12.1 Å². The molecule has 1 aliphatic rings. The standard InChI is InChI=1S/C21H21FN4O2/c1-28-19-7-3-6-18(15-19)26-9-8-23-21(26)25-12-10-24(11-13-25)20(27)16-4-2-5-17(22)14-16/h2-9,14-15H,10-13H2,1H3. The number of nitrogens with zero attached hydrogens (tertiary/aromatic N) is 4. The van der Waals surface area contributed by atoms with E-state index in [0.717, 1.165) is 17.4 Å². The Morgan fingerprint density at radius 2 is 1.86 bits per heavy atom. The number of halogens is 1. The number of carbonyl (C=O) groups is 1. The Kier molecular flexibility index (Phi) is 4.97. The zero-order valence-electron chi connectivity index (χ0n) is 15.6. The van der Waals surface area contributed by atoms with Crippen LogP contribution in [0.4, 0.5) is 10.3 Å². The van der Waals surface area contributed by atoms with Crippen molar-refractivity contribution >= 4 is 11.9 Å². The molecule has 3 aromatic rings. The van der Waals surface area contributed by atoms with Crippen molar-refractivity contribution in [3.05, 3.63) is 72.3 Å². The number of hydrogen-bond donors (Lipinski definition) is 0. The van der Waals surface area contributed by atoms with Gasteiger partial charge in [0.2, 0.25) is 5.95 Å². The molecule has 0 bridgehead atoms. The van der Waals surface area contributed by atoms with Crippen LogP contribution in [-0.4, -0.2) is 53.6 Å². The topological polar surface area (TPSA) is 50.6 Å². The number of piperazine rings is 1. The number of rotatable bonds is 4. The Labute approximate surface area is 162 Å². The molecular weight excluding hydrogens is 359 g/mol. The summed E-state index contributed by atoms with van der Waals surface area (Å²) in [4.78, 5) is 21.0. The van der Waals surface area contributed by atoms with Gasteiger partial charge in [-0.3, -0.25) is 9.36 Å². The first-order chi connectivity index (χ1) is 13.7. The molecule has 0 atom stereocenters. The van der Waals surface area contributed by atoms with Gasteiger partial charge in [0.25, 0.3) is 5.91 Å². The Bertz CT molecular complexity index is 980. The Hall–Kier alpha value is -3.35. The third-order valence-electron chi connectivity index (χ3n) is 4.87. The van der Waals surface area contributed by atoms with Crippen LogP contribution in [0.5, 0.6) is 5.75 Å². The van der Waals surface area contributed by atoms with Crippen molar-refractivity contribution in [3.8, 4) is 11.4 Å². The number of carbonyl (C=O) groups excluding carboxylic acids is 1. The molecule has 4 rings (SSSR count). The lowest BCUT2D eigenvalue weighted by atomic mass is 10.2. The zero-order chi connectivity index (χ0) is 19.5. The number of aromatic nitrogens is 2. The molecule has 0 radical (unpaired) electrons. The molecule has 7 heteroatoms. The van der Waals surface area contributed by atoms with Crippen LogP contribution in [0.25, 0.3) is 5.69 Å². The summed E-state index contributed by atoms with van der Waals surface area (Å²) < 4.78 is 20.7. The fourth-order valence-corrected chi connectivity index (χ4v) is 3.41. The van der Waals surface area contributed by atoms with Gasteiger partial charge in [-0.05, 0) is 30.3 Å². The van der Waals surface area contributed by atoms with Crippen molar-refractivity contribution in [1.29, 1.82) is 0 Å². The highest BCUT2D eigenvalue weighted by Gasteiger charge is 2.24. The van der Waals surface area contributed by atoms with E-state index in [1.807, 2.05) is 35.0 Å². The number of benzene rings is 2. The molecular formula is C21H21FN4O2. The maximum atomic E-state index is 13.4. The Balaban J connectivity index is 1.47. The normalized spacial score (nSPS) is 14.2. The average molecular weight is 380 g/mol. The van der Waals surface area contributed by atoms with Crippen molar-refractivity contribution in [1.82, 2.24) is 14.5 Å². The molecule has 28 heavy (non-hydrogen) atoms. The first kappa shape index (κ1) is 18.0. The SMILES string of the molecule is COc1cccc(-n2ccnc2N2CCN(C(=O)c3cccc(F)c3)CC2)c1. The van der Waals surface area contributed by atoms with E-state index >= 15 is 0 Å². The van der Waals surface area contributed by atoms with Gasteiger partial charge in [0.15, 0.2) is 0 Å². The fraction of sp³-hybridized carbons (Fsp3) is 0.238. The van der Waals surface area contributed by atoms with E-state index in [-0.39, 0.29) is 5.91 Å². The summed E-state index contributed by atoms with van der Waals surface area (Å²) in [6, 6.07) is 13.6. The van der Waals surface area contributed by atoms with E-state index in [1.54, 1.807) is 30.3 Å². The second-order valence-electron chi connectivity index (χ2n) is 6.59. The van der Waals surface area contributed by atoms with Crippen LogP contribution in [0.15, 0.2) is 60.9 Å². The van der Waals surface area contributed by atoms with Gasteiger partial charge in [-0.25, -0.2) is 9.37 Å². The fourth-order valence-electron chi connectivity index (χ4n) is 3.41. The van der Waals surface area contributed by atoms with Crippen LogP contribution in [0.1, 0.15) is 10.4 Å². The van der Waals surface area contributed by atoms with Crippen LogP contribution < -0.4 is 9.64 Å². The van der Waals surface area contributed by atoms with Crippen LogP contribution in [0.3, 0.4) is 0 Å². The molecule has 1 amide bonds. The van der Waals surface area contributed by atoms with Gasteiger partial charge in [-0.15, -0.1) is 0 Å².